The van der Waals surface area contributed by atoms with Crippen molar-refractivity contribution in [3.05, 3.63) is 58.1 Å². The van der Waals surface area contributed by atoms with Crippen LogP contribution >= 0.6 is 11.6 Å². The molecule has 2 nitrogen and oxygen atoms in total. The fourth-order valence-electron chi connectivity index (χ4n) is 1.78. The molecule has 0 saturated heterocycles. The largest absolute Gasteiger partial charge is 0.398 e. The molecule has 0 saturated carbocycles. The fourth-order valence-corrected chi connectivity index (χ4v) is 3.20. The molecule has 100 valence electrons. The van der Waals surface area contributed by atoms with E-state index in [1.807, 2.05) is 32.0 Å². The highest BCUT2D eigenvalue weighted by Gasteiger charge is 2.09. The molecule has 19 heavy (non-hydrogen) atoms. The highest BCUT2D eigenvalue weighted by molar-refractivity contribution is 7.84. The predicted molar refractivity (Wildman–Crippen MR) is 81.9 cm³/mol. The molecule has 2 rings (SSSR count). The maximum Gasteiger partial charge on any atom is 0.0575 e. The number of nitrogens with two attached hydrogens (primary N) is 1. The van der Waals surface area contributed by atoms with E-state index < -0.39 is 10.8 Å². The first-order valence-corrected chi connectivity index (χ1v) is 7.66. The van der Waals surface area contributed by atoms with Crippen molar-refractivity contribution in [3.8, 4) is 0 Å². The maximum absolute atomic E-state index is 12.4. The smallest absolute Gasteiger partial charge is 0.0575 e. The van der Waals surface area contributed by atoms with Gasteiger partial charge in [-0.2, -0.15) is 0 Å². The van der Waals surface area contributed by atoms with Gasteiger partial charge in [-0.15, -0.1) is 0 Å². The molecule has 0 bridgehead atoms. The third-order valence-electron chi connectivity index (χ3n) is 3.13. The molecule has 2 N–H and O–H groups in total. The Morgan fingerprint density at radius 3 is 2.53 bits per heavy atom. The minimum Gasteiger partial charge on any atom is -0.398 e. The molecule has 2 aromatic carbocycles. The Hall–Kier alpha value is -1.32. The summed E-state index contributed by atoms with van der Waals surface area (Å²) < 4.78 is 12.4. The van der Waals surface area contributed by atoms with Gasteiger partial charge in [-0.05, 0) is 60.9 Å². The van der Waals surface area contributed by atoms with Gasteiger partial charge in [0.05, 0.1) is 16.6 Å². The molecule has 4 heteroatoms. The Kier molecular flexibility index (Phi) is 4.27. The van der Waals surface area contributed by atoms with Gasteiger partial charge in [-0.3, -0.25) is 4.21 Å². The van der Waals surface area contributed by atoms with E-state index in [-0.39, 0.29) is 0 Å². The number of nitrogen functional groups attached to an aromatic ring is 1. The molecule has 1 unspecified atom stereocenters. The van der Waals surface area contributed by atoms with E-state index in [1.54, 1.807) is 18.2 Å². The van der Waals surface area contributed by atoms with Gasteiger partial charge in [0.1, 0.15) is 0 Å². The number of aryl methyl sites for hydroxylation is 2. The van der Waals surface area contributed by atoms with Gasteiger partial charge < -0.3 is 5.73 Å². The van der Waals surface area contributed by atoms with Crippen LogP contribution in [0.15, 0.2) is 41.3 Å². The van der Waals surface area contributed by atoms with Crippen molar-refractivity contribution in [2.75, 3.05) is 5.73 Å². The zero-order valence-electron chi connectivity index (χ0n) is 10.9. The predicted octanol–water partition coefficient (Wildman–Crippen LogP) is 3.85. The summed E-state index contributed by atoms with van der Waals surface area (Å²) >= 11 is 5.94. The fraction of sp³-hybridized carbons (Fsp3) is 0.200. The molecule has 0 amide bonds. The molecular formula is C15H16ClNOS. The number of hydrogen-bond donors (Lipinski definition) is 1. The summed E-state index contributed by atoms with van der Waals surface area (Å²) in [4.78, 5) is 0.822. The molecule has 0 spiro atoms. The van der Waals surface area contributed by atoms with E-state index in [9.17, 15) is 4.21 Å². The van der Waals surface area contributed by atoms with Crippen molar-refractivity contribution in [2.45, 2.75) is 24.5 Å². The van der Waals surface area contributed by atoms with E-state index in [1.165, 1.54) is 5.56 Å². The van der Waals surface area contributed by atoms with Gasteiger partial charge in [0.25, 0.3) is 0 Å². The summed E-state index contributed by atoms with van der Waals surface area (Å²) in [5, 5.41) is 0.612. The van der Waals surface area contributed by atoms with Crippen molar-refractivity contribution >= 4 is 28.1 Å². The van der Waals surface area contributed by atoms with Crippen LogP contribution in [-0.4, -0.2) is 4.21 Å². The molecular weight excluding hydrogens is 278 g/mol. The Morgan fingerprint density at radius 1 is 1.11 bits per heavy atom. The Balaban J connectivity index is 2.25. The van der Waals surface area contributed by atoms with E-state index in [4.69, 9.17) is 17.3 Å². The first-order chi connectivity index (χ1) is 8.97. The lowest BCUT2D eigenvalue weighted by molar-refractivity contribution is 0.682. The summed E-state index contributed by atoms with van der Waals surface area (Å²) in [6, 6.07) is 11.1. The lowest BCUT2D eigenvalue weighted by atomic mass is 10.1. The van der Waals surface area contributed by atoms with Crippen LogP contribution in [-0.2, 0) is 16.6 Å². The van der Waals surface area contributed by atoms with E-state index in [0.717, 1.165) is 16.0 Å². The topological polar surface area (TPSA) is 43.1 Å². The second-order valence-corrected chi connectivity index (χ2v) is 6.47. The zero-order chi connectivity index (χ0) is 14.0. The van der Waals surface area contributed by atoms with Crippen LogP contribution in [0, 0.1) is 13.8 Å². The zero-order valence-corrected chi connectivity index (χ0v) is 12.5. The first-order valence-electron chi connectivity index (χ1n) is 5.97. The first kappa shape index (κ1) is 14.1. The molecule has 0 aliphatic carbocycles. The third-order valence-corrected chi connectivity index (χ3v) is 4.72. The number of anilines is 1. The van der Waals surface area contributed by atoms with Crippen LogP contribution in [0.4, 0.5) is 5.69 Å². The SMILES string of the molecule is Cc1ccc(S(=O)Cc2cc(Cl)ccc2N)cc1C. The Bertz CT molecular complexity index is 640. The van der Waals surface area contributed by atoms with Crippen molar-refractivity contribution in [1.29, 1.82) is 0 Å². The van der Waals surface area contributed by atoms with Crippen molar-refractivity contribution in [2.24, 2.45) is 0 Å². The van der Waals surface area contributed by atoms with E-state index >= 15 is 0 Å². The van der Waals surface area contributed by atoms with Gasteiger partial charge in [0.15, 0.2) is 0 Å². The maximum atomic E-state index is 12.4. The van der Waals surface area contributed by atoms with E-state index in [2.05, 4.69) is 0 Å². The normalized spacial score (nSPS) is 12.4. The van der Waals surface area contributed by atoms with Gasteiger partial charge in [0, 0.05) is 15.6 Å². The van der Waals surface area contributed by atoms with Crippen LogP contribution in [0.2, 0.25) is 5.02 Å². The summed E-state index contributed by atoms with van der Waals surface area (Å²) in [6.45, 7) is 4.06. The number of rotatable bonds is 3. The molecule has 0 heterocycles. The Morgan fingerprint density at radius 2 is 1.84 bits per heavy atom. The molecule has 1 atom stereocenters. The van der Waals surface area contributed by atoms with Crippen LogP contribution in [0.3, 0.4) is 0 Å². The van der Waals surface area contributed by atoms with Crippen LogP contribution in [0.5, 0.6) is 0 Å². The highest BCUT2D eigenvalue weighted by atomic mass is 35.5. The molecule has 0 aliphatic rings. The highest BCUT2D eigenvalue weighted by Crippen LogP contribution is 2.22. The standard InChI is InChI=1S/C15H16ClNOS/c1-10-3-5-14(7-11(10)2)19(18)9-12-8-13(16)4-6-15(12)17/h3-8H,9,17H2,1-2H3. The minimum absolute atomic E-state index is 0.384. The summed E-state index contributed by atoms with van der Waals surface area (Å²) in [7, 11) is -1.11. The molecule has 2 aromatic rings. The molecule has 0 radical (unpaired) electrons. The van der Waals surface area contributed by atoms with Crippen molar-refractivity contribution < 1.29 is 4.21 Å². The van der Waals surface area contributed by atoms with E-state index in [0.29, 0.717) is 16.5 Å². The second-order valence-electron chi connectivity index (χ2n) is 4.58. The van der Waals surface area contributed by atoms with Crippen LogP contribution in [0.25, 0.3) is 0 Å². The number of halogens is 1. The number of benzene rings is 2. The van der Waals surface area contributed by atoms with Crippen molar-refractivity contribution in [1.82, 2.24) is 0 Å². The molecule has 0 aromatic heterocycles. The summed E-state index contributed by atoms with van der Waals surface area (Å²) in [5.41, 5.74) is 9.67. The number of hydrogen-bond acceptors (Lipinski definition) is 2. The van der Waals surface area contributed by atoms with Gasteiger partial charge in [-0.1, -0.05) is 17.7 Å². The quantitative estimate of drug-likeness (QED) is 0.874. The van der Waals surface area contributed by atoms with Gasteiger partial charge >= 0.3 is 0 Å². The van der Waals surface area contributed by atoms with Crippen LogP contribution < -0.4 is 5.73 Å². The minimum atomic E-state index is -1.11. The lowest BCUT2D eigenvalue weighted by Crippen LogP contribution is -2.01. The second kappa shape index (κ2) is 5.76. The lowest BCUT2D eigenvalue weighted by Gasteiger charge is -2.08. The monoisotopic (exact) mass is 293 g/mol. The summed E-state index contributed by atoms with van der Waals surface area (Å²) in [6.07, 6.45) is 0. The molecule has 0 fully saturated rings. The molecule has 0 aliphatic heterocycles. The van der Waals surface area contributed by atoms with Gasteiger partial charge in [-0.25, -0.2) is 0 Å². The third kappa shape index (κ3) is 3.37. The average Bonchev–Trinajstić information content (AvgIpc) is 2.37. The van der Waals surface area contributed by atoms with Crippen molar-refractivity contribution in [3.63, 3.8) is 0 Å². The van der Waals surface area contributed by atoms with Gasteiger partial charge in [0.2, 0.25) is 0 Å². The van der Waals surface area contributed by atoms with Crippen LogP contribution in [0.1, 0.15) is 16.7 Å². The average molecular weight is 294 g/mol. The summed E-state index contributed by atoms with van der Waals surface area (Å²) in [5.74, 6) is 0.384. The Labute approximate surface area is 121 Å².